The number of sulfonamides is 1. The molecule has 0 fully saturated rings. The van der Waals surface area contributed by atoms with Gasteiger partial charge in [-0.3, -0.25) is 13.9 Å². The van der Waals surface area contributed by atoms with Crippen LogP contribution in [-0.2, 0) is 32.6 Å². The summed E-state index contributed by atoms with van der Waals surface area (Å²) in [5, 5.41) is 3.05. The largest absolute Gasteiger partial charge is 0.497 e. The van der Waals surface area contributed by atoms with E-state index in [2.05, 4.69) is 5.32 Å². The number of nitrogens with one attached hydrogen (secondary N) is 1. The van der Waals surface area contributed by atoms with E-state index in [0.29, 0.717) is 5.75 Å². The normalized spacial score (nSPS) is 12.5. The molecule has 1 N–H and O–H groups in total. The fraction of sp³-hybridized carbons (Fsp3) is 0.257. The molecule has 4 aromatic rings. The van der Waals surface area contributed by atoms with Crippen LogP contribution >= 0.6 is 0 Å². The van der Waals surface area contributed by atoms with Crippen LogP contribution in [0.4, 0.5) is 5.69 Å². The first-order valence-corrected chi connectivity index (χ1v) is 16.1. The number of ether oxygens (including phenoxy) is 1. The van der Waals surface area contributed by atoms with Crippen molar-refractivity contribution >= 4 is 27.5 Å². The zero-order valence-corrected chi connectivity index (χ0v) is 26.1. The Morgan fingerprint density at radius 1 is 0.818 bits per heavy atom. The van der Waals surface area contributed by atoms with Crippen LogP contribution in [0.25, 0.3) is 0 Å². The van der Waals surface area contributed by atoms with Crippen molar-refractivity contribution in [2.45, 2.75) is 50.2 Å². The standard InChI is InChI=1S/C35H39N3O5S/c1-4-27(2)36-35(40)33(23-28-15-8-5-9-16-28)37(25-29-17-10-6-11-18-29)34(39)26-38(30-19-14-20-31(24-30)43-3)44(41,42)32-21-12-7-13-22-32/h5-22,24,27,33H,4,23,25-26H2,1-3H3,(H,36,40)/t27-,33-/m1/s1. The van der Waals surface area contributed by atoms with Crippen molar-refractivity contribution in [1.82, 2.24) is 10.2 Å². The van der Waals surface area contributed by atoms with E-state index in [-0.39, 0.29) is 35.5 Å². The van der Waals surface area contributed by atoms with E-state index in [1.54, 1.807) is 42.5 Å². The van der Waals surface area contributed by atoms with Crippen molar-refractivity contribution in [2.24, 2.45) is 0 Å². The summed E-state index contributed by atoms with van der Waals surface area (Å²) in [6.07, 6.45) is 0.974. The highest BCUT2D eigenvalue weighted by Gasteiger charge is 2.35. The van der Waals surface area contributed by atoms with Crippen molar-refractivity contribution in [1.29, 1.82) is 0 Å². The van der Waals surface area contributed by atoms with Crippen molar-refractivity contribution in [2.75, 3.05) is 18.0 Å². The maximum atomic E-state index is 14.5. The number of carbonyl (C=O) groups excluding carboxylic acids is 2. The molecule has 0 aliphatic carbocycles. The molecule has 8 nitrogen and oxygen atoms in total. The minimum Gasteiger partial charge on any atom is -0.497 e. The molecule has 0 aliphatic rings. The van der Waals surface area contributed by atoms with E-state index in [1.807, 2.05) is 74.5 Å². The van der Waals surface area contributed by atoms with Crippen molar-refractivity contribution in [3.63, 3.8) is 0 Å². The second kappa shape index (κ2) is 15.2. The van der Waals surface area contributed by atoms with Gasteiger partial charge in [-0.05, 0) is 48.7 Å². The summed E-state index contributed by atoms with van der Waals surface area (Å²) in [5.74, 6) is -0.373. The molecule has 0 heterocycles. The van der Waals surface area contributed by atoms with Gasteiger partial charge in [0.15, 0.2) is 0 Å². The summed E-state index contributed by atoms with van der Waals surface area (Å²) in [6.45, 7) is 3.48. The lowest BCUT2D eigenvalue weighted by atomic mass is 10.0. The lowest BCUT2D eigenvalue weighted by Crippen LogP contribution is -2.54. The molecule has 4 rings (SSSR count). The number of nitrogens with zero attached hydrogens (tertiary/aromatic N) is 2. The highest BCUT2D eigenvalue weighted by atomic mass is 32.2. The summed E-state index contributed by atoms with van der Waals surface area (Å²) >= 11 is 0. The lowest BCUT2D eigenvalue weighted by molar-refractivity contribution is -0.140. The minimum atomic E-state index is -4.18. The number of anilines is 1. The number of hydrogen-bond acceptors (Lipinski definition) is 5. The van der Waals surface area contributed by atoms with Crippen LogP contribution in [0.5, 0.6) is 5.75 Å². The van der Waals surface area contributed by atoms with E-state index in [0.717, 1.165) is 21.9 Å². The third kappa shape index (κ3) is 8.26. The van der Waals surface area contributed by atoms with Gasteiger partial charge >= 0.3 is 0 Å². The Kier molecular flexibility index (Phi) is 11.2. The molecule has 0 saturated carbocycles. The van der Waals surface area contributed by atoms with Gasteiger partial charge < -0.3 is 15.0 Å². The van der Waals surface area contributed by atoms with Crippen LogP contribution in [0.1, 0.15) is 31.4 Å². The Morgan fingerprint density at radius 2 is 1.41 bits per heavy atom. The van der Waals surface area contributed by atoms with Crippen molar-refractivity contribution in [3.8, 4) is 5.75 Å². The summed E-state index contributed by atoms with van der Waals surface area (Å²) < 4.78 is 34.6. The topological polar surface area (TPSA) is 96.0 Å². The zero-order chi connectivity index (χ0) is 31.5. The molecule has 0 saturated heterocycles. The number of carbonyl (C=O) groups is 2. The van der Waals surface area contributed by atoms with E-state index in [1.165, 1.54) is 24.1 Å². The number of rotatable bonds is 14. The first-order chi connectivity index (χ1) is 21.2. The molecular weight excluding hydrogens is 574 g/mol. The SMILES string of the molecule is CC[C@@H](C)NC(=O)[C@@H](Cc1ccccc1)N(Cc1ccccc1)C(=O)CN(c1cccc(OC)c1)S(=O)(=O)c1ccccc1. The van der Waals surface area contributed by atoms with Gasteiger partial charge in [0.25, 0.3) is 10.0 Å². The first kappa shape index (κ1) is 32.3. The molecule has 0 radical (unpaired) electrons. The smallest absolute Gasteiger partial charge is 0.264 e. The lowest BCUT2D eigenvalue weighted by Gasteiger charge is -2.34. The second-order valence-corrected chi connectivity index (χ2v) is 12.4. The van der Waals surface area contributed by atoms with Crippen LogP contribution in [0.15, 0.2) is 120 Å². The van der Waals surface area contributed by atoms with Gasteiger partial charge in [0.05, 0.1) is 17.7 Å². The molecule has 4 aromatic carbocycles. The first-order valence-electron chi connectivity index (χ1n) is 14.6. The van der Waals surface area contributed by atoms with Gasteiger partial charge in [-0.15, -0.1) is 0 Å². The predicted molar refractivity (Wildman–Crippen MR) is 173 cm³/mol. The molecule has 0 unspecified atom stereocenters. The molecular formula is C35H39N3O5S. The van der Waals surface area contributed by atoms with Gasteiger partial charge in [-0.2, -0.15) is 0 Å². The number of benzene rings is 4. The highest BCUT2D eigenvalue weighted by molar-refractivity contribution is 7.92. The summed E-state index contributed by atoms with van der Waals surface area (Å²) in [5.41, 5.74) is 1.96. The Morgan fingerprint density at radius 3 is 2.00 bits per heavy atom. The van der Waals surface area contributed by atoms with Crippen LogP contribution < -0.4 is 14.4 Å². The Bertz CT molecular complexity index is 1620. The van der Waals surface area contributed by atoms with E-state index in [4.69, 9.17) is 4.74 Å². The minimum absolute atomic E-state index is 0.0422. The Hall–Kier alpha value is -4.63. The maximum Gasteiger partial charge on any atom is 0.264 e. The van der Waals surface area contributed by atoms with Gasteiger partial charge in [-0.1, -0.05) is 91.9 Å². The summed E-state index contributed by atoms with van der Waals surface area (Å²) in [4.78, 5) is 29.9. The second-order valence-electron chi connectivity index (χ2n) is 10.6. The van der Waals surface area contributed by atoms with Crippen LogP contribution in [0.3, 0.4) is 0 Å². The average Bonchev–Trinajstić information content (AvgIpc) is 3.06. The van der Waals surface area contributed by atoms with E-state index >= 15 is 0 Å². The molecule has 0 aromatic heterocycles. The quantitative estimate of drug-likeness (QED) is 0.204. The predicted octanol–water partition coefficient (Wildman–Crippen LogP) is 5.45. The molecule has 230 valence electrons. The molecule has 9 heteroatoms. The number of hydrogen-bond donors (Lipinski definition) is 1. The van der Waals surface area contributed by atoms with Gasteiger partial charge in [0.1, 0.15) is 18.3 Å². The van der Waals surface area contributed by atoms with E-state index in [9.17, 15) is 18.0 Å². The molecule has 0 bridgehead atoms. The third-order valence-electron chi connectivity index (χ3n) is 7.42. The Labute approximate surface area is 260 Å². The van der Waals surface area contributed by atoms with Crippen molar-refractivity contribution < 1.29 is 22.7 Å². The third-order valence-corrected chi connectivity index (χ3v) is 9.21. The van der Waals surface area contributed by atoms with Crippen LogP contribution in [0.2, 0.25) is 0 Å². The maximum absolute atomic E-state index is 14.5. The number of amides is 2. The van der Waals surface area contributed by atoms with Gasteiger partial charge in [0.2, 0.25) is 11.8 Å². The number of methoxy groups -OCH3 is 1. The van der Waals surface area contributed by atoms with E-state index < -0.39 is 28.5 Å². The van der Waals surface area contributed by atoms with Crippen LogP contribution in [-0.4, -0.2) is 50.9 Å². The molecule has 2 amide bonds. The molecule has 0 spiro atoms. The molecule has 0 aliphatic heterocycles. The summed E-state index contributed by atoms with van der Waals surface area (Å²) in [6, 6.07) is 32.4. The monoisotopic (exact) mass is 613 g/mol. The zero-order valence-electron chi connectivity index (χ0n) is 25.3. The highest BCUT2D eigenvalue weighted by Crippen LogP contribution is 2.28. The fourth-order valence-electron chi connectivity index (χ4n) is 4.79. The summed E-state index contributed by atoms with van der Waals surface area (Å²) in [7, 11) is -2.69. The average molecular weight is 614 g/mol. The van der Waals surface area contributed by atoms with Crippen LogP contribution in [0, 0.1) is 0 Å². The molecule has 2 atom stereocenters. The molecule has 44 heavy (non-hydrogen) atoms. The van der Waals surface area contributed by atoms with Gasteiger partial charge in [0, 0.05) is 25.1 Å². The van der Waals surface area contributed by atoms with Crippen molar-refractivity contribution in [3.05, 3.63) is 126 Å². The fourth-order valence-corrected chi connectivity index (χ4v) is 6.22. The Balaban J connectivity index is 1.80. The van der Waals surface area contributed by atoms with Gasteiger partial charge in [-0.25, -0.2) is 8.42 Å².